The van der Waals surface area contributed by atoms with Crippen LogP contribution in [0.2, 0.25) is 10.0 Å². The fourth-order valence-corrected chi connectivity index (χ4v) is 3.21. The molecule has 19 heavy (non-hydrogen) atoms. The maximum Gasteiger partial charge on any atom is 0.0439 e. The molecule has 1 atom stereocenters. The van der Waals surface area contributed by atoms with Crippen molar-refractivity contribution in [3.8, 4) is 0 Å². The lowest BCUT2D eigenvalue weighted by atomic mass is 9.86. The molecule has 0 aliphatic carbocycles. The van der Waals surface area contributed by atoms with Crippen LogP contribution in [0.25, 0.3) is 0 Å². The molecule has 2 aromatic rings. The first-order valence-corrected chi connectivity index (χ1v) is 7.43. The van der Waals surface area contributed by atoms with Crippen molar-refractivity contribution >= 4 is 39.1 Å². The summed E-state index contributed by atoms with van der Waals surface area (Å²) in [5.41, 5.74) is 7.94. The van der Waals surface area contributed by atoms with Gasteiger partial charge in [0.25, 0.3) is 0 Å². The maximum absolute atomic E-state index is 6.46. The van der Waals surface area contributed by atoms with Crippen LogP contribution < -0.4 is 5.73 Å². The smallest absolute Gasteiger partial charge is 0.0439 e. The van der Waals surface area contributed by atoms with Crippen molar-refractivity contribution in [1.82, 2.24) is 0 Å². The third-order valence-corrected chi connectivity index (χ3v) is 4.35. The van der Waals surface area contributed by atoms with Gasteiger partial charge in [0.05, 0.1) is 0 Å². The Balaban J connectivity index is 2.36. The van der Waals surface area contributed by atoms with Crippen molar-refractivity contribution in [2.24, 2.45) is 5.73 Å². The monoisotopic (exact) mass is 357 g/mol. The molecule has 0 bridgehead atoms. The van der Waals surface area contributed by atoms with E-state index in [1.54, 1.807) is 12.1 Å². The number of nitrogens with two attached hydrogens (primary N) is 1. The van der Waals surface area contributed by atoms with Crippen LogP contribution >= 0.6 is 39.1 Å². The average molecular weight is 359 g/mol. The zero-order chi connectivity index (χ0) is 14.0. The molecule has 0 aliphatic rings. The number of halogens is 3. The van der Waals surface area contributed by atoms with Gasteiger partial charge in [0.1, 0.15) is 0 Å². The summed E-state index contributed by atoms with van der Waals surface area (Å²) < 4.78 is 0.998. The van der Waals surface area contributed by atoms with Gasteiger partial charge in [-0.1, -0.05) is 57.3 Å². The predicted octanol–water partition coefficient (Wildman–Crippen LogP) is 5.17. The van der Waals surface area contributed by atoms with Crippen LogP contribution in [0.4, 0.5) is 0 Å². The Kier molecular flexibility index (Phi) is 4.57. The lowest BCUT2D eigenvalue weighted by Crippen LogP contribution is -2.36. The van der Waals surface area contributed by atoms with Gasteiger partial charge in [0.2, 0.25) is 0 Å². The van der Waals surface area contributed by atoms with Crippen LogP contribution in [0.15, 0.2) is 46.9 Å². The Morgan fingerprint density at radius 1 is 1.16 bits per heavy atom. The molecule has 0 amide bonds. The fourth-order valence-electron chi connectivity index (χ4n) is 2.09. The molecule has 2 N–H and O–H groups in total. The van der Waals surface area contributed by atoms with Crippen molar-refractivity contribution in [1.29, 1.82) is 0 Å². The number of rotatable bonds is 3. The second-order valence-electron chi connectivity index (χ2n) is 4.81. The van der Waals surface area contributed by atoms with Crippen LogP contribution in [-0.2, 0) is 12.0 Å². The van der Waals surface area contributed by atoms with Crippen LogP contribution in [0.1, 0.15) is 18.1 Å². The minimum Gasteiger partial charge on any atom is -0.321 e. The third-order valence-electron chi connectivity index (χ3n) is 3.05. The standard InChI is InChI=1S/C15H14BrCl2N/c1-15(19,12-4-2-3-5-13(12)16)9-10-8-11(17)6-7-14(10)18/h2-8H,9,19H2,1H3. The first kappa shape index (κ1) is 14.9. The van der Waals surface area contributed by atoms with Crippen LogP contribution in [-0.4, -0.2) is 0 Å². The average Bonchev–Trinajstić information content (AvgIpc) is 2.34. The van der Waals surface area contributed by atoms with Gasteiger partial charge in [0.15, 0.2) is 0 Å². The highest BCUT2D eigenvalue weighted by molar-refractivity contribution is 9.10. The Hall–Kier alpha value is -0.540. The Morgan fingerprint density at radius 3 is 2.53 bits per heavy atom. The van der Waals surface area contributed by atoms with E-state index in [9.17, 15) is 0 Å². The summed E-state index contributed by atoms with van der Waals surface area (Å²) in [4.78, 5) is 0. The molecule has 0 spiro atoms. The number of hydrogen-bond acceptors (Lipinski definition) is 1. The predicted molar refractivity (Wildman–Crippen MR) is 85.8 cm³/mol. The van der Waals surface area contributed by atoms with E-state index in [-0.39, 0.29) is 0 Å². The summed E-state index contributed by atoms with van der Waals surface area (Å²) >= 11 is 15.8. The van der Waals surface area contributed by atoms with E-state index in [2.05, 4.69) is 15.9 Å². The second kappa shape index (κ2) is 5.84. The molecule has 1 unspecified atom stereocenters. The van der Waals surface area contributed by atoms with E-state index in [1.807, 2.05) is 37.3 Å². The molecule has 2 aromatic carbocycles. The minimum atomic E-state index is -0.519. The van der Waals surface area contributed by atoms with E-state index in [0.29, 0.717) is 16.5 Å². The molecule has 0 radical (unpaired) electrons. The highest BCUT2D eigenvalue weighted by Crippen LogP contribution is 2.32. The van der Waals surface area contributed by atoms with E-state index >= 15 is 0 Å². The molecule has 100 valence electrons. The highest BCUT2D eigenvalue weighted by Gasteiger charge is 2.25. The summed E-state index contributed by atoms with van der Waals surface area (Å²) in [6, 6.07) is 13.4. The molecular formula is C15H14BrCl2N. The van der Waals surface area contributed by atoms with E-state index in [4.69, 9.17) is 28.9 Å². The van der Waals surface area contributed by atoms with E-state index < -0.39 is 5.54 Å². The highest BCUT2D eigenvalue weighted by atomic mass is 79.9. The molecule has 2 rings (SSSR count). The molecule has 0 aliphatic heterocycles. The third kappa shape index (κ3) is 3.51. The Morgan fingerprint density at radius 2 is 1.84 bits per heavy atom. The molecule has 0 saturated carbocycles. The lowest BCUT2D eigenvalue weighted by Gasteiger charge is -2.27. The lowest BCUT2D eigenvalue weighted by molar-refractivity contribution is 0.489. The topological polar surface area (TPSA) is 26.0 Å². The van der Waals surface area contributed by atoms with Gasteiger partial charge in [-0.15, -0.1) is 0 Å². The zero-order valence-corrected chi connectivity index (χ0v) is 13.6. The summed E-state index contributed by atoms with van der Waals surface area (Å²) in [5.74, 6) is 0. The molecule has 0 fully saturated rings. The molecule has 0 aromatic heterocycles. The second-order valence-corrected chi connectivity index (χ2v) is 6.51. The summed E-state index contributed by atoms with van der Waals surface area (Å²) in [7, 11) is 0. The van der Waals surface area contributed by atoms with Gasteiger partial charge in [-0.25, -0.2) is 0 Å². The quantitative estimate of drug-likeness (QED) is 0.804. The van der Waals surface area contributed by atoms with Crippen molar-refractivity contribution in [3.05, 3.63) is 68.1 Å². The van der Waals surface area contributed by atoms with E-state index in [0.717, 1.165) is 15.6 Å². The minimum absolute atomic E-state index is 0.519. The largest absolute Gasteiger partial charge is 0.321 e. The summed E-state index contributed by atoms with van der Waals surface area (Å²) in [6.45, 7) is 1.99. The van der Waals surface area contributed by atoms with Gasteiger partial charge in [-0.05, 0) is 48.7 Å². The van der Waals surface area contributed by atoms with Crippen molar-refractivity contribution < 1.29 is 0 Å². The Bertz CT molecular complexity index is 596. The maximum atomic E-state index is 6.46. The molecule has 1 nitrogen and oxygen atoms in total. The normalized spacial score (nSPS) is 14.2. The molecular weight excluding hydrogens is 345 g/mol. The van der Waals surface area contributed by atoms with Crippen LogP contribution in [0.5, 0.6) is 0 Å². The van der Waals surface area contributed by atoms with Crippen molar-refractivity contribution in [2.75, 3.05) is 0 Å². The summed E-state index contributed by atoms with van der Waals surface area (Å²) in [6.07, 6.45) is 0.620. The number of benzene rings is 2. The number of hydrogen-bond donors (Lipinski definition) is 1. The summed E-state index contributed by atoms with van der Waals surface area (Å²) in [5, 5.41) is 1.36. The van der Waals surface area contributed by atoms with Gasteiger partial charge in [0, 0.05) is 20.1 Å². The van der Waals surface area contributed by atoms with E-state index in [1.165, 1.54) is 0 Å². The molecule has 4 heteroatoms. The van der Waals surface area contributed by atoms with Crippen LogP contribution in [0, 0.1) is 0 Å². The van der Waals surface area contributed by atoms with Crippen molar-refractivity contribution in [2.45, 2.75) is 18.9 Å². The van der Waals surface area contributed by atoms with Crippen molar-refractivity contribution in [3.63, 3.8) is 0 Å². The molecule has 0 heterocycles. The van der Waals surface area contributed by atoms with Gasteiger partial charge in [-0.3, -0.25) is 0 Å². The van der Waals surface area contributed by atoms with Gasteiger partial charge in [-0.2, -0.15) is 0 Å². The fraction of sp³-hybridized carbons (Fsp3) is 0.200. The SMILES string of the molecule is CC(N)(Cc1cc(Cl)ccc1Cl)c1ccccc1Br. The van der Waals surface area contributed by atoms with Gasteiger partial charge < -0.3 is 5.73 Å². The zero-order valence-electron chi connectivity index (χ0n) is 10.5. The van der Waals surface area contributed by atoms with Gasteiger partial charge >= 0.3 is 0 Å². The molecule has 0 saturated heterocycles. The Labute approximate surface area is 131 Å². The van der Waals surface area contributed by atoms with Crippen LogP contribution in [0.3, 0.4) is 0 Å². The first-order valence-electron chi connectivity index (χ1n) is 5.88. The first-order chi connectivity index (χ1) is 8.90.